The number of carbonyl (C=O) groups excluding carboxylic acids is 1. The van der Waals surface area contributed by atoms with Gasteiger partial charge >= 0.3 is 0 Å². The Bertz CT molecular complexity index is 1220. The summed E-state index contributed by atoms with van der Waals surface area (Å²) in [4.78, 5) is 16.7. The lowest BCUT2D eigenvalue weighted by Crippen LogP contribution is -2.47. The van der Waals surface area contributed by atoms with E-state index in [0.29, 0.717) is 21.0 Å². The van der Waals surface area contributed by atoms with Crippen molar-refractivity contribution in [1.82, 2.24) is 15.5 Å². The van der Waals surface area contributed by atoms with Gasteiger partial charge in [-0.25, -0.2) is 17.2 Å². The molecule has 0 radical (unpaired) electrons. The summed E-state index contributed by atoms with van der Waals surface area (Å²) in [6.45, 7) is 1.13. The second-order valence-corrected chi connectivity index (χ2v) is 8.87. The first-order valence-corrected chi connectivity index (χ1v) is 11.1. The van der Waals surface area contributed by atoms with Crippen molar-refractivity contribution in [1.29, 1.82) is 0 Å². The maximum atomic E-state index is 13.6. The van der Waals surface area contributed by atoms with E-state index in [2.05, 4.69) is 15.5 Å². The summed E-state index contributed by atoms with van der Waals surface area (Å²) < 4.78 is 57.0. The van der Waals surface area contributed by atoms with E-state index >= 15 is 0 Å². The summed E-state index contributed by atoms with van der Waals surface area (Å²) >= 11 is 5.93. The zero-order valence-electron chi connectivity index (χ0n) is 16.3. The van der Waals surface area contributed by atoms with Crippen LogP contribution >= 0.6 is 11.6 Å². The molecule has 0 saturated carbocycles. The molecule has 1 atom stereocenters. The van der Waals surface area contributed by atoms with E-state index in [1.165, 1.54) is 6.92 Å². The molecular formula is C19H17ClF2N4O4S. The molecule has 3 rings (SSSR count). The van der Waals surface area contributed by atoms with Crippen molar-refractivity contribution in [2.24, 2.45) is 0 Å². The van der Waals surface area contributed by atoms with Crippen molar-refractivity contribution in [3.05, 3.63) is 65.0 Å². The Balaban J connectivity index is 1.73. The van der Waals surface area contributed by atoms with E-state index in [-0.39, 0.29) is 23.9 Å². The summed E-state index contributed by atoms with van der Waals surface area (Å²) in [7, 11) is -3.99. The van der Waals surface area contributed by atoms with Gasteiger partial charge in [-0.1, -0.05) is 28.9 Å². The third-order valence-corrected chi connectivity index (χ3v) is 5.69. The molecular weight excluding hydrogens is 454 g/mol. The summed E-state index contributed by atoms with van der Waals surface area (Å²) in [5.41, 5.74) is 0.425. The molecule has 0 aliphatic heterocycles. The molecule has 12 heteroatoms. The minimum absolute atomic E-state index is 0.0780. The second-order valence-electron chi connectivity index (χ2n) is 6.57. The van der Waals surface area contributed by atoms with Crippen molar-refractivity contribution in [3.8, 4) is 11.4 Å². The Hall–Kier alpha value is -3.05. The fraction of sp³-hybridized carbons (Fsp3) is 0.211. The Labute approximate surface area is 181 Å². The van der Waals surface area contributed by atoms with Gasteiger partial charge in [0.2, 0.25) is 27.6 Å². The molecule has 0 aliphatic carbocycles. The maximum Gasteiger partial charge on any atom is 0.246 e. The van der Waals surface area contributed by atoms with Crippen molar-refractivity contribution >= 4 is 33.2 Å². The van der Waals surface area contributed by atoms with Crippen LogP contribution in [0.15, 0.2) is 47.0 Å². The van der Waals surface area contributed by atoms with Gasteiger partial charge in [-0.15, -0.1) is 0 Å². The number of sulfonamides is 1. The van der Waals surface area contributed by atoms with Crippen LogP contribution in [-0.2, 0) is 21.4 Å². The highest BCUT2D eigenvalue weighted by molar-refractivity contribution is 7.92. The average Bonchev–Trinajstić information content (AvgIpc) is 3.17. The van der Waals surface area contributed by atoms with Crippen molar-refractivity contribution in [3.63, 3.8) is 0 Å². The molecule has 2 aromatic carbocycles. The van der Waals surface area contributed by atoms with Gasteiger partial charge in [0.15, 0.2) is 11.6 Å². The predicted molar refractivity (Wildman–Crippen MR) is 110 cm³/mol. The van der Waals surface area contributed by atoms with Gasteiger partial charge in [-0.2, -0.15) is 4.98 Å². The third-order valence-electron chi connectivity index (χ3n) is 4.21. The summed E-state index contributed by atoms with van der Waals surface area (Å²) in [5, 5.41) is 6.79. The summed E-state index contributed by atoms with van der Waals surface area (Å²) in [6.07, 6.45) is 0.854. The number of aromatic nitrogens is 2. The van der Waals surface area contributed by atoms with Gasteiger partial charge in [0, 0.05) is 16.7 Å². The van der Waals surface area contributed by atoms with Gasteiger partial charge in [0.1, 0.15) is 6.04 Å². The zero-order chi connectivity index (χ0) is 22.8. The standard InChI is InChI=1S/C19H17ClF2N4O4S/c1-11(26(31(2,28)29)14-6-7-15(21)16(22)9-14)19(27)23-10-17-24-18(25-30-17)12-4-3-5-13(20)8-12/h3-9,11H,10H2,1-2H3,(H,23,27)/t11-/m0/s1. The topological polar surface area (TPSA) is 105 Å². The third kappa shape index (κ3) is 5.36. The van der Waals surface area contributed by atoms with Crippen LogP contribution in [0.2, 0.25) is 5.02 Å². The molecule has 1 aromatic heterocycles. The summed E-state index contributed by atoms with van der Waals surface area (Å²) in [5.74, 6) is -2.74. The quantitative estimate of drug-likeness (QED) is 0.568. The highest BCUT2D eigenvalue weighted by Crippen LogP contribution is 2.23. The van der Waals surface area contributed by atoms with E-state index in [0.717, 1.165) is 18.4 Å². The molecule has 0 saturated heterocycles. The minimum Gasteiger partial charge on any atom is -0.345 e. The normalized spacial score (nSPS) is 12.4. The number of anilines is 1. The molecule has 3 aromatic rings. The maximum absolute atomic E-state index is 13.6. The van der Waals surface area contributed by atoms with Crippen LogP contribution in [0.25, 0.3) is 11.4 Å². The highest BCUT2D eigenvalue weighted by Gasteiger charge is 2.30. The monoisotopic (exact) mass is 470 g/mol. The van der Waals surface area contributed by atoms with E-state index in [1.807, 2.05) is 0 Å². The number of carbonyl (C=O) groups is 1. The SMILES string of the molecule is C[C@@H](C(=O)NCc1nc(-c2cccc(Cl)c2)no1)N(c1ccc(F)c(F)c1)S(C)(=O)=O. The van der Waals surface area contributed by atoms with E-state index in [9.17, 15) is 22.0 Å². The van der Waals surface area contributed by atoms with E-state index in [4.69, 9.17) is 16.1 Å². The Kier molecular flexibility index (Phi) is 6.56. The van der Waals surface area contributed by atoms with Gasteiger partial charge in [0.05, 0.1) is 18.5 Å². The van der Waals surface area contributed by atoms with Crippen molar-refractivity contribution in [2.75, 3.05) is 10.6 Å². The van der Waals surface area contributed by atoms with Crippen LogP contribution in [0, 0.1) is 11.6 Å². The number of benzene rings is 2. The van der Waals surface area contributed by atoms with Crippen LogP contribution in [0.4, 0.5) is 14.5 Å². The van der Waals surface area contributed by atoms with Gasteiger partial charge in [0.25, 0.3) is 0 Å². The molecule has 1 amide bonds. The van der Waals surface area contributed by atoms with Gasteiger partial charge in [-0.05, 0) is 31.2 Å². The highest BCUT2D eigenvalue weighted by atomic mass is 35.5. The van der Waals surface area contributed by atoms with E-state index in [1.54, 1.807) is 24.3 Å². The van der Waals surface area contributed by atoms with Crippen LogP contribution in [0.1, 0.15) is 12.8 Å². The lowest BCUT2D eigenvalue weighted by molar-refractivity contribution is -0.122. The molecule has 0 fully saturated rings. The minimum atomic E-state index is -3.99. The molecule has 0 unspecified atom stereocenters. The van der Waals surface area contributed by atoms with Crippen LogP contribution in [0.5, 0.6) is 0 Å². The molecule has 1 N–H and O–H groups in total. The Morgan fingerprint density at radius 2 is 1.97 bits per heavy atom. The zero-order valence-corrected chi connectivity index (χ0v) is 17.9. The molecule has 0 spiro atoms. The number of halogens is 3. The molecule has 0 aliphatic rings. The van der Waals surface area contributed by atoms with Crippen LogP contribution < -0.4 is 9.62 Å². The number of hydrogen-bond donors (Lipinski definition) is 1. The molecule has 31 heavy (non-hydrogen) atoms. The lowest BCUT2D eigenvalue weighted by atomic mass is 10.2. The molecule has 0 bridgehead atoms. The number of rotatable bonds is 7. The van der Waals surface area contributed by atoms with Gasteiger partial charge in [-0.3, -0.25) is 9.10 Å². The number of hydrogen-bond acceptors (Lipinski definition) is 6. The molecule has 164 valence electrons. The Morgan fingerprint density at radius 1 is 1.23 bits per heavy atom. The smallest absolute Gasteiger partial charge is 0.246 e. The van der Waals surface area contributed by atoms with Crippen LogP contribution in [-0.4, -0.2) is 36.8 Å². The molecule has 8 nitrogen and oxygen atoms in total. The fourth-order valence-corrected chi connectivity index (χ4v) is 4.17. The number of nitrogens with zero attached hydrogens (tertiary/aromatic N) is 3. The van der Waals surface area contributed by atoms with Crippen molar-refractivity contribution < 1.29 is 26.5 Å². The first kappa shape index (κ1) is 22.6. The largest absolute Gasteiger partial charge is 0.345 e. The van der Waals surface area contributed by atoms with E-state index < -0.39 is 33.6 Å². The van der Waals surface area contributed by atoms with Crippen molar-refractivity contribution in [2.45, 2.75) is 19.5 Å². The predicted octanol–water partition coefficient (Wildman–Crippen LogP) is 3.14. The molecule has 1 heterocycles. The second kappa shape index (κ2) is 8.98. The lowest BCUT2D eigenvalue weighted by Gasteiger charge is -2.28. The fourth-order valence-electron chi connectivity index (χ4n) is 2.81. The first-order valence-electron chi connectivity index (χ1n) is 8.87. The number of nitrogens with one attached hydrogen (secondary N) is 1. The van der Waals surface area contributed by atoms with Crippen LogP contribution in [0.3, 0.4) is 0 Å². The average molecular weight is 471 g/mol. The summed E-state index contributed by atoms with van der Waals surface area (Å²) in [6, 6.07) is 8.06. The number of amides is 1. The first-order chi connectivity index (χ1) is 14.6. The van der Waals surface area contributed by atoms with Gasteiger partial charge < -0.3 is 9.84 Å². The Morgan fingerprint density at radius 3 is 2.61 bits per heavy atom.